The van der Waals surface area contributed by atoms with Crippen molar-refractivity contribution in [2.45, 2.75) is 24.5 Å². The second-order valence-corrected chi connectivity index (χ2v) is 7.19. The van der Waals surface area contributed by atoms with Crippen molar-refractivity contribution in [1.82, 2.24) is 5.32 Å². The maximum atomic E-state index is 12.4. The summed E-state index contributed by atoms with van der Waals surface area (Å²) in [5.74, 6) is -0.597. The molecule has 2 unspecified atom stereocenters. The van der Waals surface area contributed by atoms with E-state index in [2.05, 4.69) is 5.32 Å². The van der Waals surface area contributed by atoms with Crippen LogP contribution in [0.4, 0.5) is 0 Å². The Morgan fingerprint density at radius 1 is 1.08 bits per heavy atom. The molecule has 24 heavy (non-hydrogen) atoms. The van der Waals surface area contributed by atoms with Crippen molar-refractivity contribution in [3.63, 3.8) is 0 Å². The average molecular weight is 344 g/mol. The van der Waals surface area contributed by atoms with Gasteiger partial charge in [-0.25, -0.2) is 0 Å². The molecule has 0 aliphatic heterocycles. The largest absolute Gasteiger partial charge is 0.366 e. The van der Waals surface area contributed by atoms with Crippen molar-refractivity contribution < 1.29 is 13.8 Å². The Labute approximate surface area is 143 Å². The standard InChI is InChI=1S/C18H20N2O3S/c1-13(18(22)20-11-14-6-3-2-4-7-14)24(23)12-15-8-5-9-16(10-15)17(19)21/h2-10,13H,11-12H2,1H3,(H2,19,21)(H,20,22). The highest BCUT2D eigenvalue weighted by atomic mass is 32.2. The third-order valence-corrected chi connectivity index (χ3v) is 5.21. The molecule has 126 valence electrons. The first-order chi connectivity index (χ1) is 11.5. The highest BCUT2D eigenvalue weighted by Gasteiger charge is 2.20. The predicted molar refractivity (Wildman–Crippen MR) is 94.6 cm³/mol. The third kappa shape index (κ3) is 5.03. The summed E-state index contributed by atoms with van der Waals surface area (Å²) in [6.07, 6.45) is 0. The number of carbonyl (C=O) groups excluding carboxylic acids is 2. The van der Waals surface area contributed by atoms with Crippen LogP contribution in [-0.4, -0.2) is 21.3 Å². The van der Waals surface area contributed by atoms with E-state index in [0.29, 0.717) is 17.7 Å². The summed E-state index contributed by atoms with van der Waals surface area (Å²) in [6, 6.07) is 16.2. The molecule has 0 fully saturated rings. The van der Waals surface area contributed by atoms with E-state index in [0.717, 1.165) is 5.56 Å². The van der Waals surface area contributed by atoms with Gasteiger partial charge in [-0.3, -0.25) is 13.8 Å². The first-order valence-electron chi connectivity index (χ1n) is 7.55. The summed E-state index contributed by atoms with van der Waals surface area (Å²) in [7, 11) is -1.39. The smallest absolute Gasteiger partial charge is 0.248 e. The van der Waals surface area contributed by atoms with Gasteiger partial charge < -0.3 is 11.1 Å². The van der Waals surface area contributed by atoms with Gasteiger partial charge in [0.1, 0.15) is 5.25 Å². The molecule has 0 aliphatic carbocycles. The number of amides is 2. The number of primary amides is 1. The minimum Gasteiger partial charge on any atom is -0.366 e. The monoisotopic (exact) mass is 344 g/mol. The van der Waals surface area contributed by atoms with E-state index in [1.54, 1.807) is 31.2 Å². The van der Waals surface area contributed by atoms with Crippen LogP contribution in [0.25, 0.3) is 0 Å². The van der Waals surface area contributed by atoms with Crippen LogP contribution in [0.2, 0.25) is 0 Å². The minimum absolute atomic E-state index is 0.195. The van der Waals surface area contributed by atoms with Crippen LogP contribution in [0, 0.1) is 0 Å². The van der Waals surface area contributed by atoms with Gasteiger partial charge in [0, 0.05) is 28.7 Å². The van der Waals surface area contributed by atoms with Crippen molar-refractivity contribution in [2.24, 2.45) is 5.73 Å². The van der Waals surface area contributed by atoms with E-state index in [1.807, 2.05) is 30.3 Å². The Morgan fingerprint density at radius 3 is 2.42 bits per heavy atom. The zero-order valence-corrected chi connectivity index (χ0v) is 14.2. The fourth-order valence-corrected chi connectivity index (χ4v) is 3.23. The van der Waals surface area contributed by atoms with Crippen molar-refractivity contribution in [1.29, 1.82) is 0 Å². The van der Waals surface area contributed by atoms with Gasteiger partial charge >= 0.3 is 0 Å². The van der Waals surface area contributed by atoms with Crippen LogP contribution in [0.1, 0.15) is 28.4 Å². The zero-order chi connectivity index (χ0) is 17.5. The summed E-state index contributed by atoms with van der Waals surface area (Å²) < 4.78 is 12.4. The minimum atomic E-state index is -1.39. The molecular weight excluding hydrogens is 324 g/mol. The van der Waals surface area contributed by atoms with Gasteiger partial charge in [0.05, 0.1) is 0 Å². The Morgan fingerprint density at radius 2 is 1.75 bits per heavy atom. The molecule has 2 atom stereocenters. The van der Waals surface area contributed by atoms with Crippen LogP contribution in [-0.2, 0) is 27.9 Å². The van der Waals surface area contributed by atoms with E-state index in [9.17, 15) is 13.8 Å². The van der Waals surface area contributed by atoms with Crippen LogP contribution in [0.5, 0.6) is 0 Å². The molecule has 0 aliphatic rings. The van der Waals surface area contributed by atoms with Gasteiger partial charge in [0.15, 0.2) is 0 Å². The lowest BCUT2D eigenvalue weighted by Crippen LogP contribution is -2.35. The Hall–Kier alpha value is -2.47. The van der Waals surface area contributed by atoms with E-state index >= 15 is 0 Å². The van der Waals surface area contributed by atoms with Crippen LogP contribution in [0.3, 0.4) is 0 Å². The molecule has 0 spiro atoms. The molecule has 0 aromatic heterocycles. The Kier molecular flexibility index (Phi) is 6.26. The van der Waals surface area contributed by atoms with Gasteiger partial charge in [0.2, 0.25) is 11.8 Å². The Balaban J connectivity index is 1.92. The molecule has 0 saturated carbocycles. The number of hydrogen-bond donors (Lipinski definition) is 2. The Bertz CT molecular complexity index is 747. The third-order valence-electron chi connectivity index (χ3n) is 3.59. The first-order valence-corrected chi connectivity index (χ1v) is 8.93. The quantitative estimate of drug-likeness (QED) is 0.802. The average Bonchev–Trinajstić information content (AvgIpc) is 2.60. The molecule has 0 heterocycles. The number of nitrogens with one attached hydrogen (secondary N) is 1. The van der Waals surface area contributed by atoms with Gasteiger partial charge in [-0.15, -0.1) is 0 Å². The van der Waals surface area contributed by atoms with Crippen LogP contribution >= 0.6 is 0 Å². The summed E-state index contributed by atoms with van der Waals surface area (Å²) in [5, 5.41) is 2.14. The van der Waals surface area contributed by atoms with Crippen molar-refractivity contribution in [3.8, 4) is 0 Å². The number of rotatable bonds is 7. The van der Waals surface area contributed by atoms with Gasteiger partial charge in [0.25, 0.3) is 0 Å². The molecule has 2 amide bonds. The van der Waals surface area contributed by atoms with Crippen molar-refractivity contribution in [3.05, 3.63) is 71.3 Å². The lowest BCUT2D eigenvalue weighted by molar-refractivity contribution is -0.120. The molecule has 2 aromatic rings. The highest BCUT2D eigenvalue weighted by molar-refractivity contribution is 7.85. The fourth-order valence-electron chi connectivity index (χ4n) is 2.15. The summed E-state index contributed by atoms with van der Waals surface area (Å²) in [5.41, 5.74) is 7.30. The molecule has 0 saturated heterocycles. The summed E-state index contributed by atoms with van der Waals surface area (Å²) in [6.45, 7) is 2.03. The molecular formula is C18H20N2O3S. The second-order valence-electron chi connectivity index (χ2n) is 5.44. The van der Waals surface area contributed by atoms with Crippen molar-refractivity contribution >= 4 is 22.6 Å². The van der Waals surface area contributed by atoms with Crippen LogP contribution < -0.4 is 11.1 Å². The lowest BCUT2D eigenvalue weighted by atomic mass is 10.1. The SMILES string of the molecule is CC(C(=O)NCc1ccccc1)S(=O)Cc1cccc(C(N)=O)c1. The molecule has 5 nitrogen and oxygen atoms in total. The molecule has 0 bridgehead atoms. The summed E-state index contributed by atoms with van der Waals surface area (Å²) >= 11 is 0. The molecule has 3 N–H and O–H groups in total. The second kappa shape index (κ2) is 8.40. The van der Waals surface area contributed by atoms with Crippen molar-refractivity contribution in [2.75, 3.05) is 0 Å². The summed E-state index contributed by atoms with van der Waals surface area (Å²) in [4.78, 5) is 23.3. The van der Waals surface area contributed by atoms with Gasteiger partial charge in [-0.2, -0.15) is 0 Å². The molecule has 0 radical (unpaired) electrons. The normalized spacial score (nSPS) is 13.0. The van der Waals surface area contributed by atoms with E-state index in [-0.39, 0.29) is 11.7 Å². The first kappa shape index (κ1) is 17.9. The van der Waals surface area contributed by atoms with E-state index in [1.165, 1.54) is 0 Å². The maximum absolute atomic E-state index is 12.4. The molecule has 2 rings (SSSR count). The number of nitrogens with two attached hydrogens (primary N) is 1. The number of hydrogen-bond acceptors (Lipinski definition) is 3. The van der Waals surface area contributed by atoms with Gasteiger partial charge in [-0.05, 0) is 30.2 Å². The number of carbonyl (C=O) groups is 2. The van der Waals surface area contributed by atoms with Gasteiger partial charge in [-0.1, -0.05) is 42.5 Å². The molecule has 2 aromatic carbocycles. The van der Waals surface area contributed by atoms with E-state index in [4.69, 9.17) is 5.73 Å². The maximum Gasteiger partial charge on any atom is 0.248 e. The highest BCUT2D eigenvalue weighted by Crippen LogP contribution is 2.10. The fraction of sp³-hybridized carbons (Fsp3) is 0.222. The topological polar surface area (TPSA) is 89.3 Å². The zero-order valence-electron chi connectivity index (χ0n) is 13.4. The van der Waals surface area contributed by atoms with E-state index < -0.39 is 22.0 Å². The lowest BCUT2D eigenvalue weighted by Gasteiger charge is -2.12. The number of benzene rings is 2. The molecule has 6 heteroatoms. The predicted octanol–water partition coefficient (Wildman–Crippen LogP) is 1.74. The van der Waals surface area contributed by atoms with Crippen LogP contribution in [0.15, 0.2) is 54.6 Å².